The molecule has 0 amide bonds. The van der Waals surface area contributed by atoms with Gasteiger partial charge in [0, 0.05) is 23.2 Å². The van der Waals surface area contributed by atoms with Gasteiger partial charge in [0.15, 0.2) is 5.78 Å². The van der Waals surface area contributed by atoms with Gasteiger partial charge in [-0.1, -0.05) is 24.9 Å². The van der Waals surface area contributed by atoms with E-state index in [-0.39, 0.29) is 11.5 Å². The van der Waals surface area contributed by atoms with Crippen molar-refractivity contribution in [3.63, 3.8) is 0 Å². The average Bonchev–Trinajstić information content (AvgIpc) is 3.22. The molecular weight excluding hydrogens is 274 g/mol. The number of phenols is 1. The second-order valence-corrected chi connectivity index (χ2v) is 6.01. The van der Waals surface area contributed by atoms with Gasteiger partial charge in [-0.2, -0.15) is 0 Å². The highest BCUT2D eigenvalue weighted by Gasteiger charge is 2.29. The van der Waals surface area contributed by atoms with Gasteiger partial charge >= 0.3 is 0 Å². The smallest absolute Gasteiger partial charge is 0.163 e. The van der Waals surface area contributed by atoms with E-state index in [1.807, 2.05) is 0 Å². The van der Waals surface area contributed by atoms with E-state index in [0.717, 1.165) is 24.9 Å². The summed E-state index contributed by atoms with van der Waals surface area (Å²) in [7, 11) is 0. The minimum Gasteiger partial charge on any atom is -0.507 e. The summed E-state index contributed by atoms with van der Waals surface area (Å²) >= 11 is 6.07. The third-order valence-corrected chi connectivity index (χ3v) is 3.99. The highest BCUT2D eigenvalue weighted by Crippen LogP contribution is 2.33. The molecule has 3 nitrogen and oxygen atoms in total. The van der Waals surface area contributed by atoms with Crippen LogP contribution in [0.2, 0.25) is 5.02 Å². The summed E-state index contributed by atoms with van der Waals surface area (Å²) in [4.78, 5) is 13.9. The van der Waals surface area contributed by atoms with Crippen molar-refractivity contribution in [2.24, 2.45) is 0 Å². The molecule has 110 valence electrons. The first-order chi connectivity index (χ1) is 9.52. The number of rotatable bonds is 7. The minimum absolute atomic E-state index is 0.0871. The van der Waals surface area contributed by atoms with Crippen LogP contribution in [0.3, 0.4) is 0 Å². The lowest BCUT2D eigenvalue weighted by Gasteiger charge is -2.23. The van der Waals surface area contributed by atoms with E-state index in [9.17, 15) is 9.90 Å². The molecule has 1 saturated carbocycles. The Morgan fingerprint density at radius 1 is 1.45 bits per heavy atom. The maximum Gasteiger partial charge on any atom is 0.163 e. The Balaban J connectivity index is 2.20. The fourth-order valence-corrected chi connectivity index (χ4v) is 2.70. The van der Waals surface area contributed by atoms with Crippen LogP contribution in [0.25, 0.3) is 0 Å². The van der Waals surface area contributed by atoms with Gasteiger partial charge in [-0.3, -0.25) is 9.69 Å². The van der Waals surface area contributed by atoms with Gasteiger partial charge in [-0.05, 0) is 44.9 Å². The Hall–Kier alpha value is -1.06. The SMILES string of the molecule is CCCCN(Cc1cc(Cl)cc(C(C)=O)c1O)C1CC1. The third-order valence-electron chi connectivity index (χ3n) is 3.77. The predicted molar refractivity (Wildman–Crippen MR) is 81.5 cm³/mol. The molecule has 1 aromatic carbocycles. The molecule has 1 aliphatic rings. The van der Waals surface area contributed by atoms with Crippen LogP contribution in [0.4, 0.5) is 0 Å². The summed E-state index contributed by atoms with van der Waals surface area (Å²) in [6.45, 7) is 5.32. The van der Waals surface area contributed by atoms with Gasteiger partial charge in [-0.25, -0.2) is 0 Å². The van der Waals surface area contributed by atoms with Crippen molar-refractivity contribution in [2.75, 3.05) is 6.54 Å². The van der Waals surface area contributed by atoms with Crippen molar-refractivity contribution in [1.82, 2.24) is 4.90 Å². The van der Waals surface area contributed by atoms with Crippen LogP contribution in [0, 0.1) is 0 Å². The van der Waals surface area contributed by atoms with Crippen LogP contribution in [-0.2, 0) is 6.54 Å². The van der Waals surface area contributed by atoms with Gasteiger partial charge in [0.05, 0.1) is 5.56 Å². The molecule has 0 aliphatic heterocycles. The molecule has 0 aromatic heterocycles. The van der Waals surface area contributed by atoms with Crippen molar-refractivity contribution >= 4 is 17.4 Å². The molecule has 0 bridgehead atoms. The van der Waals surface area contributed by atoms with E-state index in [2.05, 4.69) is 11.8 Å². The molecule has 1 aromatic rings. The fraction of sp³-hybridized carbons (Fsp3) is 0.562. The minimum atomic E-state index is -0.155. The molecule has 0 saturated heterocycles. The van der Waals surface area contributed by atoms with Crippen LogP contribution >= 0.6 is 11.6 Å². The van der Waals surface area contributed by atoms with E-state index in [1.165, 1.54) is 25.8 Å². The second kappa shape index (κ2) is 6.59. The monoisotopic (exact) mass is 295 g/mol. The number of benzene rings is 1. The number of phenolic OH excluding ortho intramolecular Hbond substituents is 1. The van der Waals surface area contributed by atoms with Crippen molar-refractivity contribution in [3.8, 4) is 5.75 Å². The standard InChI is InChI=1S/C16H22ClNO2/c1-3-4-7-18(14-5-6-14)10-12-8-13(17)9-15(11(2)19)16(12)20/h8-9,14,20H,3-7,10H2,1-2H3. The van der Waals surface area contributed by atoms with Gasteiger partial charge in [0.25, 0.3) is 0 Å². The van der Waals surface area contributed by atoms with Crippen LogP contribution in [-0.4, -0.2) is 28.4 Å². The lowest BCUT2D eigenvalue weighted by molar-refractivity contribution is 0.101. The maximum atomic E-state index is 11.5. The Morgan fingerprint density at radius 2 is 2.15 bits per heavy atom. The summed E-state index contributed by atoms with van der Waals surface area (Å²) in [5.41, 5.74) is 1.07. The fourth-order valence-electron chi connectivity index (χ4n) is 2.46. The number of Topliss-reactive ketones (excluding diaryl/α,β-unsaturated/α-hetero) is 1. The molecule has 20 heavy (non-hydrogen) atoms. The number of ketones is 1. The molecule has 1 aliphatic carbocycles. The molecule has 2 rings (SSSR count). The molecule has 1 N–H and O–H groups in total. The number of carbonyl (C=O) groups is 1. The van der Waals surface area contributed by atoms with Crippen molar-refractivity contribution < 1.29 is 9.90 Å². The van der Waals surface area contributed by atoms with Gasteiger partial charge < -0.3 is 5.11 Å². The maximum absolute atomic E-state index is 11.5. The molecule has 1 fully saturated rings. The Labute approximate surface area is 125 Å². The summed E-state index contributed by atoms with van der Waals surface area (Å²) in [5, 5.41) is 10.8. The number of hydrogen-bond donors (Lipinski definition) is 1. The van der Waals surface area contributed by atoms with Crippen LogP contribution in [0.15, 0.2) is 12.1 Å². The number of aromatic hydroxyl groups is 1. The number of unbranched alkanes of at least 4 members (excludes halogenated alkanes) is 1. The van der Waals surface area contributed by atoms with Gasteiger partial charge in [0.1, 0.15) is 5.75 Å². The van der Waals surface area contributed by atoms with E-state index in [1.54, 1.807) is 6.07 Å². The zero-order valence-corrected chi connectivity index (χ0v) is 12.9. The topological polar surface area (TPSA) is 40.5 Å². The Kier molecular flexibility index (Phi) is 5.06. The van der Waals surface area contributed by atoms with E-state index in [0.29, 0.717) is 23.2 Å². The highest BCUT2D eigenvalue weighted by atomic mass is 35.5. The Bertz CT molecular complexity index is 497. The van der Waals surface area contributed by atoms with Crippen LogP contribution in [0.5, 0.6) is 5.75 Å². The molecular formula is C16H22ClNO2. The average molecular weight is 296 g/mol. The van der Waals surface area contributed by atoms with Crippen LogP contribution < -0.4 is 0 Å². The number of nitrogens with zero attached hydrogens (tertiary/aromatic N) is 1. The van der Waals surface area contributed by atoms with E-state index < -0.39 is 0 Å². The molecule has 0 unspecified atom stereocenters. The normalized spacial score (nSPS) is 14.8. The molecule has 4 heteroatoms. The molecule has 0 heterocycles. The molecule has 0 atom stereocenters. The largest absolute Gasteiger partial charge is 0.507 e. The zero-order valence-electron chi connectivity index (χ0n) is 12.2. The molecule has 0 radical (unpaired) electrons. The van der Waals surface area contributed by atoms with Crippen molar-refractivity contribution in [3.05, 3.63) is 28.3 Å². The summed E-state index contributed by atoms with van der Waals surface area (Å²) in [6.07, 6.45) is 4.76. The highest BCUT2D eigenvalue weighted by molar-refractivity contribution is 6.31. The zero-order chi connectivity index (χ0) is 14.7. The van der Waals surface area contributed by atoms with E-state index >= 15 is 0 Å². The lowest BCUT2D eigenvalue weighted by atomic mass is 10.1. The molecule has 0 spiro atoms. The first-order valence-electron chi connectivity index (χ1n) is 7.29. The Morgan fingerprint density at radius 3 is 2.70 bits per heavy atom. The van der Waals surface area contributed by atoms with E-state index in [4.69, 9.17) is 11.6 Å². The number of hydrogen-bond acceptors (Lipinski definition) is 3. The quantitative estimate of drug-likeness (QED) is 0.773. The summed E-state index contributed by atoms with van der Waals surface area (Å²) in [6, 6.07) is 3.93. The second-order valence-electron chi connectivity index (χ2n) is 5.57. The van der Waals surface area contributed by atoms with Gasteiger partial charge in [0.2, 0.25) is 0 Å². The third kappa shape index (κ3) is 3.74. The summed E-state index contributed by atoms with van der Waals surface area (Å²) < 4.78 is 0. The van der Waals surface area contributed by atoms with Gasteiger partial charge in [-0.15, -0.1) is 0 Å². The van der Waals surface area contributed by atoms with Crippen molar-refractivity contribution in [1.29, 1.82) is 0 Å². The first-order valence-corrected chi connectivity index (χ1v) is 7.67. The first kappa shape index (κ1) is 15.3. The number of halogens is 1. The van der Waals surface area contributed by atoms with Crippen molar-refractivity contribution in [2.45, 2.75) is 52.1 Å². The number of carbonyl (C=O) groups excluding carboxylic acids is 1. The predicted octanol–water partition coefficient (Wildman–Crippen LogP) is 4.01. The van der Waals surface area contributed by atoms with Crippen LogP contribution in [0.1, 0.15) is 55.5 Å². The summed E-state index contributed by atoms with van der Waals surface area (Å²) in [5.74, 6) is -0.0678. The lowest BCUT2D eigenvalue weighted by Crippen LogP contribution is -2.26.